The lowest BCUT2D eigenvalue weighted by Gasteiger charge is -2.11. The second-order valence-corrected chi connectivity index (χ2v) is 3.15. The van der Waals surface area contributed by atoms with Gasteiger partial charge in [0.1, 0.15) is 0 Å². The highest BCUT2D eigenvalue weighted by Crippen LogP contribution is 2.25. The van der Waals surface area contributed by atoms with E-state index in [4.69, 9.17) is 5.73 Å². The number of aromatic amines is 1. The number of nitrogens with one attached hydrogen (secondary N) is 1. The van der Waals surface area contributed by atoms with E-state index < -0.39 is 12.5 Å². The van der Waals surface area contributed by atoms with E-state index in [0.717, 1.165) is 5.39 Å². The summed E-state index contributed by atoms with van der Waals surface area (Å²) in [4.78, 5) is 2.91. The zero-order valence-electron chi connectivity index (χ0n) is 7.37. The predicted molar refractivity (Wildman–Crippen MR) is 51.2 cm³/mol. The molecule has 0 bridgehead atoms. The van der Waals surface area contributed by atoms with Crippen molar-refractivity contribution in [2.24, 2.45) is 5.73 Å². The number of H-pyrrole nitrogens is 1. The van der Waals surface area contributed by atoms with Gasteiger partial charge in [0.2, 0.25) is 0 Å². The van der Waals surface area contributed by atoms with E-state index in [2.05, 4.69) is 4.98 Å². The molecule has 1 atom stereocenters. The molecule has 1 heterocycles. The minimum absolute atomic E-state index is 0.461. The largest absolute Gasteiger partial charge is 0.361 e. The van der Waals surface area contributed by atoms with Crippen LogP contribution in [0.25, 0.3) is 10.9 Å². The number of halogens is 2. The van der Waals surface area contributed by atoms with Gasteiger partial charge in [0.15, 0.2) is 0 Å². The molecule has 2 nitrogen and oxygen atoms in total. The maximum atomic E-state index is 12.4. The fourth-order valence-electron chi connectivity index (χ4n) is 1.52. The molecule has 3 N–H and O–H groups in total. The molecule has 0 saturated carbocycles. The zero-order chi connectivity index (χ0) is 10.1. The molecule has 1 unspecified atom stereocenters. The van der Waals surface area contributed by atoms with Gasteiger partial charge >= 0.3 is 0 Å². The van der Waals surface area contributed by atoms with Crippen molar-refractivity contribution in [3.63, 3.8) is 0 Å². The first-order valence-electron chi connectivity index (χ1n) is 4.30. The highest BCUT2D eigenvalue weighted by molar-refractivity contribution is 5.82. The first-order chi connectivity index (χ1) is 6.70. The molecule has 2 rings (SSSR count). The number of alkyl halides is 2. The van der Waals surface area contributed by atoms with Crippen molar-refractivity contribution in [2.45, 2.75) is 12.5 Å². The highest BCUT2D eigenvalue weighted by atomic mass is 19.3. The molecule has 0 radical (unpaired) electrons. The summed E-state index contributed by atoms with van der Waals surface area (Å²) in [6.45, 7) is 0. The maximum Gasteiger partial charge on any atom is 0.257 e. The van der Waals surface area contributed by atoms with Crippen molar-refractivity contribution >= 4 is 10.9 Å². The van der Waals surface area contributed by atoms with Crippen LogP contribution in [0.3, 0.4) is 0 Å². The van der Waals surface area contributed by atoms with Crippen molar-refractivity contribution < 1.29 is 8.78 Å². The lowest BCUT2D eigenvalue weighted by molar-refractivity contribution is 0.117. The minimum atomic E-state index is -2.54. The van der Waals surface area contributed by atoms with Gasteiger partial charge in [-0.2, -0.15) is 0 Å². The summed E-state index contributed by atoms with van der Waals surface area (Å²) < 4.78 is 24.8. The van der Waals surface area contributed by atoms with Crippen LogP contribution in [-0.2, 0) is 0 Å². The van der Waals surface area contributed by atoms with Crippen LogP contribution >= 0.6 is 0 Å². The number of rotatable bonds is 2. The monoisotopic (exact) mass is 196 g/mol. The molecule has 0 aliphatic carbocycles. The van der Waals surface area contributed by atoms with Gasteiger partial charge in [0, 0.05) is 6.20 Å². The molecule has 0 aliphatic heterocycles. The van der Waals surface area contributed by atoms with Gasteiger partial charge in [0.25, 0.3) is 6.43 Å². The Hall–Kier alpha value is -1.42. The standard InChI is InChI=1S/C10H10F2N2/c11-10(12)8(13)7-3-1-2-6-4-5-14-9(6)7/h1-5,8,10,14H,13H2. The Kier molecular flexibility index (Phi) is 2.21. The summed E-state index contributed by atoms with van der Waals surface area (Å²) >= 11 is 0. The third kappa shape index (κ3) is 1.37. The molecule has 0 fully saturated rings. The van der Waals surface area contributed by atoms with E-state index in [1.165, 1.54) is 0 Å². The second kappa shape index (κ2) is 3.38. The fraction of sp³-hybridized carbons (Fsp3) is 0.200. The number of hydrogen-bond acceptors (Lipinski definition) is 1. The lowest BCUT2D eigenvalue weighted by Crippen LogP contribution is -2.19. The molecule has 74 valence electrons. The van der Waals surface area contributed by atoms with Crippen molar-refractivity contribution in [3.05, 3.63) is 36.0 Å². The molecule has 0 saturated heterocycles. The van der Waals surface area contributed by atoms with Crippen molar-refractivity contribution in [3.8, 4) is 0 Å². The van der Waals surface area contributed by atoms with Crippen molar-refractivity contribution in [2.75, 3.05) is 0 Å². The molecular formula is C10H10F2N2. The van der Waals surface area contributed by atoms with Crippen molar-refractivity contribution in [1.29, 1.82) is 0 Å². The molecule has 0 amide bonds. The normalized spacial score (nSPS) is 13.7. The number of fused-ring (bicyclic) bond motifs is 1. The third-order valence-electron chi connectivity index (χ3n) is 2.25. The fourth-order valence-corrected chi connectivity index (χ4v) is 1.52. The first-order valence-corrected chi connectivity index (χ1v) is 4.30. The van der Waals surface area contributed by atoms with Gasteiger partial charge in [-0.3, -0.25) is 0 Å². The van der Waals surface area contributed by atoms with E-state index in [0.29, 0.717) is 11.1 Å². The van der Waals surface area contributed by atoms with Crippen LogP contribution < -0.4 is 5.73 Å². The van der Waals surface area contributed by atoms with Crippen LogP contribution in [-0.4, -0.2) is 11.4 Å². The predicted octanol–water partition coefficient (Wildman–Crippen LogP) is 2.43. The Balaban J connectivity index is 2.56. The van der Waals surface area contributed by atoms with E-state index in [1.807, 2.05) is 12.1 Å². The van der Waals surface area contributed by atoms with Crippen LogP contribution in [0.2, 0.25) is 0 Å². The van der Waals surface area contributed by atoms with E-state index in [1.54, 1.807) is 18.3 Å². The Morgan fingerprint density at radius 3 is 2.71 bits per heavy atom. The van der Waals surface area contributed by atoms with Crippen LogP contribution in [0.15, 0.2) is 30.5 Å². The van der Waals surface area contributed by atoms with E-state index >= 15 is 0 Å². The minimum Gasteiger partial charge on any atom is -0.361 e. The topological polar surface area (TPSA) is 41.8 Å². The molecule has 1 aromatic heterocycles. The van der Waals surface area contributed by atoms with Crippen LogP contribution in [0, 0.1) is 0 Å². The SMILES string of the molecule is NC(c1cccc2cc[nH]c12)C(F)F. The summed E-state index contributed by atoms with van der Waals surface area (Å²) in [5.41, 5.74) is 6.55. The third-order valence-corrected chi connectivity index (χ3v) is 2.25. The Morgan fingerprint density at radius 1 is 1.21 bits per heavy atom. The van der Waals surface area contributed by atoms with Gasteiger partial charge in [-0.15, -0.1) is 0 Å². The molecule has 2 aromatic rings. The van der Waals surface area contributed by atoms with Crippen LogP contribution in [0.5, 0.6) is 0 Å². The number of nitrogens with two attached hydrogens (primary N) is 1. The lowest BCUT2D eigenvalue weighted by atomic mass is 10.1. The van der Waals surface area contributed by atoms with Gasteiger partial charge in [0.05, 0.1) is 11.6 Å². The van der Waals surface area contributed by atoms with Crippen molar-refractivity contribution in [1.82, 2.24) is 4.98 Å². The van der Waals surface area contributed by atoms with Gasteiger partial charge in [-0.1, -0.05) is 18.2 Å². The molecule has 14 heavy (non-hydrogen) atoms. The number of aromatic nitrogens is 1. The van der Waals surface area contributed by atoms with E-state index in [-0.39, 0.29) is 0 Å². The number of benzene rings is 1. The smallest absolute Gasteiger partial charge is 0.257 e. The summed E-state index contributed by atoms with van der Waals surface area (Å²) in [6.07, 6.45) is -0.823. The quantitative estimate of drug-likeness (QED) is 0.761. The maximum absolute atomic E-state index is 12.4. The molecule has 1 aromatic carbocycles. The molecule has 4 heteroatoms. The van der Waals surface area contributed by atoms with Crippen LogP contribution in [0.4, 0.5) is 8.78 Å². The number of para-hydroxylation sites is 1. The Morgan fingerprint density at radius 2 is 2.00 bits per heavy atom. The average Bonchev–Trinajstić information content (AvgIpc) is 2.63. The van der Waals surface area contributed by atoms with Gasteiger partial charge < -0.3 is 10.7 Å². The highest BCUT2D eigenvalue weighted by Gasteiger charge is 2.19. The van der Waals surface area contributed by atoms with E-state index in [9.17, 15) is 8.78 Å². The summed E-state index contributed by atoms with van der Waals surface area (Å²) in [5, 5.41) is 0.901. The molecule has 0 spiro atoms. The summed E-state index contributed by atoms with van der Waals surface area (Å²) in [5.74, 6) is 0. The molecule has 0 aliphatic rings. The number of hydrogen-bond donors (Lipinski definition) is 2. The summed E-state index contributed by atoms with van der Waals surface area (Å²) in [6, 6.07) is 5.81. The zero-order valence-corrected chi connectivity index (χ0v) is 7.37. The van der Waals surface area contributed by atoms with Gasteiger partial charge in [-0.05, 0) is 17.0 Å². The average molecular weight is 196 g/mol. The Bertz CT molecular complexity index is 436. The van der Waals surface area contributed by atoms with Gasteiger partial charge in [-0.25, -0.2) is 8.78 Å². The molecular weight excluding hydrogens is 186 g/mol. The second-order valence-electron chi connectivity index (χ2n) is 3.15. The summed E-state index contributed by atoms with van der Waals surface area (Å²) in [7, 11) is 0. The Labute approximate surface area is 79.7 Å². The van der Waals surface area contributed by atoms with Crippen LogP contribution in [0.1, 0.15) is 11.6 Å². The first kappa shape index (κ1) is 9.15.